The van der Waals surface area contributed by atoms with Gasteiger partial charge in [-0.05, 0) is 18.5 Å². The summed E-state index contributed by atoms with van der Waals surface area (Å²) in [5.74, 6) is 0.775. The third-order valence-electron chi connectivity index (χ3n) is 1.95. The van der Waals surface area contributed by atoms with Crippen molar-refractivity contribution in [3.05, 3.63) is 26.0 Å². The summed E-state index contributed by atoms with van der Waals surface area (Å²) in [6.45, 7) is 3.04. The van der Waals surface area contributed by atoms with Crippen LogP contribution in [0.25, 0.3) is 0 Å². The number of anilines is 2. The van der Waals surface area contributed by atoms with E-state index in [0.717, 1.165) is 17.0 Å². The fraction of sp³-hybridized carbons (Fsp3) is 0.333. The van der Waals surface area contributed by atoms with Crippen LogP contribution in [0.2, 0.25) is 5.28 Å². The van der Waals surface area contributed by atoms with Crippen LogP contribution in [0.5, 0.6) is 0 Å². The van der Waals surface area contributed by atoms with Crippen LogP contribution >= 0.6 is 22.9 Å². The zero-order chi connectivity index (χ0) is 13.0. The molecule has 2 heterocycles. The summed E-state index contributed by atoms with van der Waals surface area (Å²) < 4.78 is 0. The summed E-state index contributed by atoms with van der Waals surface area (Å²) in [5.41, 5.74) is 0.770. The molecule has 0 amide bonds. The van der Waals surface area contributed by atoms with Gasteiger partial charge in [0.1, 0.15) is 0 Å². The minimum absolute atomic E-state index is 0.0891. The van der Waals surface area contributed by atoms with E-state index in [9.17, 15) is 4.79 Å². The lowest BCUT2D eigenvalue weighted by molar-refractivity contribution is 0.970. The predicted molar refractivity (Wildman–Crippen MR) is 71.3 cm³/mol. The van der Waals surface area contributed by atoms with E-state index in [0.29, 0.717) is 25.0 Å². The first-order valence-corrected chi connectivity index (χ1v) is 6.49. The highest BCUT2D eigenvalue weighted by atomic mass is 35.5. The van der Waals surface area contributed by atoms with Crippen molar-refractivity contribution in [2.75, 3.05) is 17.2 Å². The Kier molecular flexibility index (Phi) is 4.11. The van der Waals surface area contributed by atoms with Gasteiger partial charge in [0.2, 0.25) is 17.2 Å². The third kappa shape index (κ3) is 3.41. The van der Waals surface area contributed by atoms with E-state index in [1.54, 1.807) is 5.38 Å². The number of rotatable bonds is 5. The number of hydrogen-bond acceptors (Lipinski definition) is 7. The van der Waals surface area contributed by atoms with Gasteiger partial charge in [0.05, 0.1) is 6.54 Å². The molecule has 0 aromatic carbocycles. The summed E-state index contributed by atoms with van der Waals surface area (Å²) in [4.78, 5) is 25.5. The fourth-order valence-electron chi connectivity index (χ4n) is 1.24. The van der Waals surface area contributed by atoms with E-state index in [-0.39, 0.29) is 10.2 Å². The Morgan fingerprint density at radius 2 is 2.06 bits per heavy atom. The van der Waals surface area contributed by atoms with Gasteiger partial charge in [-0.1, -0.05) is 11.3 Å². The topological polar surface area (TPSA) is 95.6 Å². The largest absolute Gasteiger partial charge is 0.354 e. The van der Waals surface area contributed by atoms with Crippen molar-refractivity contribution in [3.63, 3.8) is 0 Å². The van der Waals surface area contributed by atoms with Gasteiger partial charge in [-0.15, -0.1) is 0 Å². The van der Waals surface area contributed by atoms with Crippen molar-refractivity contribution in [1.82, 2.24) is 19.9 Å². The van der Waals surface area contributed by atoms with E-state index < -0.39 is 0 Å². The molecule has 0 saturated carbocycles. The van der Waals surface area contributed by atoms with Crippen molar-refractivity contribution in [2.45, 2.75) is 13.5 Å². The molecule has 0 atom stereocenters. The Hall–Kier alpha value is -1.67. The number of nitrogens with zero attached hydrogens (tertiary/aromatic N) is 3. The van der Waals surface area contributed by atoms with Crippen molar-refractivity contribution in [3.8, 4) is 0 Å². The second-order valence-electron chi connectivity index (χ2n) is 3.31. The molecule has 0 saturated heterocycles. The summed E-state index contributed by atoms with van der Waals surface area (Å²) in [5, 5.41) is 7.77. The van der Waals surface area contributed by atoms with Crippen molar-refractivity contribution in [2.24, 2.45) is 0 Å². The Morgan fingerprint density at radius 3 is 2.67 bits per heavy atom. The molecule has 18 heavy (non-hydrogen) atoms. The zero-order valence-electron chi connectivity index (χ0n) is 9.53. The van der Waals surface area contributed by atoms with Crippen molar-refractivity contribution >= 4 is 34.8 Å². The standard InChI is InChI=1S/C9H11ClN6OS/c1-2-11-7-14-6(10)15-8(16-7)12-3-5-4-18-9(17)13-5/h4H,2-3H2,1H3,(H,13,17)(H2,11,12,14,15,16). The first-order chi connectivity index (χ1) is 8.67. The molecular formula is C9H11ClN6OS. The summed E-state index contributed by atoms with van der Waals surface area (Å²) >= 11 is 6.88. The van der Waals surface area contributed by atoms with Crippen LogP contribution in [0.3, 0.4) is 0 Å². The van der Waals surface area contributed by atoms with Gasteiger partial charge in [-0.25, -0.2) is 0 Å². The number of H-pyrrole nitrogens is 1. The second-order valence-corrected chi connectivity index (χ2v) is 4.49. The average molecular weight is 287 g/mol. The predicted octanol–water partition coefficient (Wildman–Crippen LogP) is 1.32. The van der Waals surface area contributed by atoms with Crippen LogP contribution in [0.4, 0.5) is 11.9 Å². The first kappa shape index (κ1) is 12.8. The Labute approximate surface area is 112 Å². The van der Waals surface area contributed by atoms with Gasteiger partial charge < -0.3 is 15.6 Å². The van der Waals surface area contributed by atoms with Crippen LogP contribution in [0.1, 0.15) is 12.6 Å². The van der Waals surface area contributed by atoms with Gasteiger partial charge >= 0.3 is 4.87 Å². The summed E-state index contributed by atoms with van der Waals surface area (Å²) in [6.07, 6.45) is 0. The van der Waals surface area contributed by atoms with Crippen LogP contribution in [-0.4, -0.2) is 26.5 Å². The molecule has 0 spiro atoms. The Bertz CT molecular complexity index is 582. The number of halogens is 1. The summed E-state index contributed by atoms with van der Waals surface area (Å²) in [6, 6.07) is 0. The molecule has 2 aromatic rings. The molecule has 0 radical (unpaired) electrons. The molecule has 0 fully saturated rings. The monoisotopic (exact) mass is 286 g/mol. The molecule has 0 aliphatic carbocycles. The molecule has 2 rings (SSSR count). The number of thiazole rings is 1. The molecule has 96 valence electrons. The minimum Gasteiger partial charge on any atom is -0.354 e. The first-order valence-electron chi connectivity index (χ1n) is 5.23. The maximum Gasteiger partial charge on any atom is 0.304 e. The summed E-state index contributed by atoms with van der Waals surface area (Å²) in [7, 11) is 0. The molecule has 0 aliphatic heterocycles. The van der Waals surface area contributed by atoms with Crippen molar-refractivity contribution < 1.29 is 0 Å². The fourth-order valence-corrected chi connectivity index (χ4v) is 1.98. The van der Waals surface area contributed by atoms with Gasteiger partial charge in [0.25, 0.3) is 0 Å². The Balaban J connectivity index is 2.06. The lowest BCUT2D eigenvalue weighted by Gasteiger charge is -2.06. The number of hydrogen-bond donors (Lipinski definition) is 3. The molecule has 0 unspecified atom stereocenters. The highest BCUT2D eigenvalue weighted by molar-refractivity contribution is 7.07. The highest BCUT2D eigenvalue weighted by Crippen LogP contribution is 2.10. The normalized spacial score (nSPS) is 10.3. The minimum atomic E-state index is -0.0891. The smallest absolute Gasteiger partial charge is 0.304 e. The van der Waals surface area contributed by atoms with Gasteiger partial charge in [-0.3, -0.25) is 4.79 Å². The highest BCUT2D eigenvalue weighted by Gasteiger charge is 2.04. The molecule has 0 aliphatic rings. The third-order valence-corrected chi connectivity index (χ3v) is 2.84. The molecule has 3 N–H and O–H groups in total. The van der Waals surface area contributed by atoms with Gasteiger partial charge in [0, 0.05) is 17.6 Å². The molecular weight excluding hydrogens is 276 g/mol. The lowest BCUT2D eigenvalue weighted by Crippen LogP contribution is -2.09. The average Bonchev–Trinajstić information content (AvgIpc) is 2.72. The van der Waals surface area contributed by atoms with Crippen LogP contribution in [0, 0.1) is 0 Å². The van der Waals surface area contributed by atoms with Crippen LogP contribution < -0.4 is 15.5 Å². The molecule has 9 heteroatoms. The Morgan fingerprint density at radius 1 is 1.33 bits per heavy atom. The van der Waals surface area contributed by atoms with E-state index in [2.05, 4.69) is 30.6 Å². The zero-order valence-corrected chi connectivity index (χ0v) is 11.1. The van der Waals surface area contributed by atoms with Gasteiger partial charge in [0.15, 0.2) is 0 Å². The van der Waals surface area contributed by atoms with E-state index in [4.69, 9.17) is 11.6 Å². The lowest BCUT2D eigenvalue weighted by atomic mass is 10.5. The molecule has 7 nitrogen and oxygen atoms in total. The molecule has 0 bridgehead atoms. The number of aromatic nitrogens is 4. The van der Waals surface area contributed by atoms with Crippen LogP contribution in [0.15, 0.2) is 10.2 Å². The SMILES string of the molecule is CCNc1nc(Cl)nc(NCc2csc(=O)[nH]2)n1. The molecule has 2 aromatic heterocycles. The second kappa shape index (κ2) is 5.78. The van der Waals surface area contributed by atoms with Gasteiger partial charge in [-0.2, -0.15) is 15.0 Å². The van der Waals surface area contributed by atoms with Crippen molar-refractivity contribution in [1.29, 1.82) is 0 Å². The maximum absolute atomic E-state index is 11.0. The number of aromatic amines is 1. The number of nitrogens with one attached hydrogen (secondary N) is 3. The van der Waals surface area contributed by atoms with E-state index >= 15 is 0 Å². The van der Waals surface area contributed by atoms with E-state index in [1.165, 1.54) is 0 Å². The van der Waals surface area contributed by atoms with Crippen LogP contribution in [-0.2, 0) is 6.54 Å². The maximum atomic E-state index is 11.0. The van der Waals surface area contributed by atoms with E-state index in [1.807, 2.05) is 6.92 Å². The quantitative estimate of drug-likeness (QED) is 0.767.